The number of carbonyl (C=O) groups is 2. The van der Waals surface area contributed by atoms with E-state index in [-0.39, 0.29) is 28.5 Å². The van der Waals surface area contributed by atoms with Crippen LogP contribution in [0.25, 0.3) is 11.5 Å². The normalized spacial score (nSPS) is 11.4. The van der Waals surface area contributed by atoms with Crippen molar-refractivity contribution in [2.45, 2.75) is 33.3 Å². The predicted molar refractivity (Wildman–Crippen MR) is 132 cm³/mol. The Balaban J connectivity index is 1.80. The van der Waals surface area contributed by atoms with Crippen LogP contribution in [-0.4, -0.2) is 53.8 Å². The number of hydrogen-bond donors (Lipinski definition) is 2. The number of amides is 2. The molecule has 4 rings (SSSR count). The molecule has 3 N–H and O–H groups in total. The fourth-order valence-electron chi connectivity index (χ4n) is 3.33. The number of aromatic nitrogens is 6. The highest BCUT2D eigenvalue weighted by molar-refractivity contribution is 5.99. The van der Waals surface area contributed by atoms with Crippen LogP contribution in [0.3, 0.4) is 0 Å². The van der Waals surface area contributed by atoms with Crippen LogP contribution in [-0.2, 0) is 4.74 Å². The van der Waals surface area contributed by atoms with Crippen LogP contribution >= 0.6 is 0 Å². The van der Waals surface area contributed by atoms with Crippen LogP contribution in [0.1, 0.15) is 37.0 Å². The summed E-state index contributed by atoms with van der Waals surface area (Å²) in [7, 11) is 1.49. The fourth-order valence-corrected chi connectivity index (χ4v) is 3.33. The largest absolute Gasteiger partial charge is 0.443 e. The minimum absolute atomic E-state index is 0.0411. The van der Waals surface area contributed by atoms with Gasteiger partial charge in [0.15, 0.2) is 5.65 Å². The standard InChI is InChI=1S/C23H25N9O4/c1-13-25-9-8-17(27-13)31-10-6-7-15(21(31)34)28-16-11-18(30(5)22(35)36-23(2,3)4)32-20(29-16)14(12-26-32)19(24)33/h6-12H,1-5H3,(H2,24,33)(H,28,29). The molecule has 0 aliphatic carbocycles. The first kappa shape index (κ1) is 24.3. The van der Waals surface area contributed by atoms with Crippen molar-refractivity contribution < 1.29 is 14.3 Å². The van der Waals surface area contributed by atoms with Gasteiger partial charge in [-0.2, -0.15) is 9.61 Å². The van der Waals surface area contributed by atoms with Gasteiger partial charge in [0.2, 0.25) is 0 Å². The zero-order chi connectivity index (χ0) is 26.2. The number of primary amides is 1. The first-order valence-electron chi connectivity index (χ1n) is 10.9. The van der Waals surface area contributed by atoms with Crippen molar-refractivity contribution in [3.63, 3.8) is 0 Å². The summed E-state index contributed by atoms with van der Waals surface area (Å²) in [6, 6.07) is 6.35. The molecule has 13 nitrogen and oxygen atoms in total. The van der Waals surface area contributed by atoms with E-state index >= 15 is 0 Å². The van der Waals surface area contributed by atoms with Crippen molar-refractivity contribution in [2.24, 2.45) is 5.73 Å². The van der Waals surface area contributed by atoms with E-state index in [9.17, 15) is 14.4 Å². The Morgan fingerprint density at radius 1 is 1.19 bits per heavy atom. The van der Waals surface area contributed by atoms with Gasteiger partial charge in [0, 0.05) is 25.5 Å². The number of carbonyl (C=O) groups excluding carboxylic acids is 2. The lowest BCUT2D eigenvalue weighted by Crippen LogP contribution is -2.35. The molecule has 0 radical (unpaired) electrons. The summed E-state index contributed by atoms with van der Waals surface area (Å²) in [5.41, 5.74) is 4.67. The average Bonchev–Trinajstić information content (AvgIpc) is 3.22. The lowest BCUT2D eigenvalue weighted by Gasteiger charge is -2.25. The van der Waals surface area contributed by atoms with Gasteiger partial charge in [-0.05, 0) is 45.9 Å². The van der Waals surface area contributed by atoms with E-state index in [2.05, 4.69) is 25.4 Å². The summed E-state index contributed by atoms with van der Waals surface area (Å²) in [4.78, 5) is 51.9. The third kappa shape index (κ3) is 4.85. The SMILES string of the molecule is Cc1nccc(-n2cccc(Nc3cc(N(C)C(=O)OC(C)(C)C)n4ncc(C(N)=O)c4n3)c2=O)n1. The molecule has 0 bridgehead atoms. The van der Waals surface area contributed by atoms with Gasteiger partial charge in [0.1, 0.15) is 40.1 Å². The van der Waals surface area contributed by atoms with Crippen molar-refractivity contribution in [1.82, 2.24) is 29.1 Å². The highest BCUT2D eigenvalue weighted by Gasteiger charge is 2.25. The van der Waals surface area contributed by atoms with Gasteiger partial charge in [-0.15, -0.1) is 0 Å². The zero-order valence-corrected chi connectivity index (χ0v) is 20.4. The Kier molecular flexibility index (Phi) is 6.14. The number of aryl methyl sites for hydroxylation is 1. The van der Waals surface area contributed by atoms with E-state index in [1.165, 1.54) is 33.3 Å². The van der Waals surface area contributed by atoms with Crippen LogP contribution in [0.5, 0.6) is 0 Å². The second kappa shape index (κ2) is 9.09. The molecule has 0 saturated carbocycles. The van der Waals surface area contributed by atoms with Crippen molar-refractivity contribution in [2.75, 3.05) is 17.3 Å². The van der Waals surface area contributed by atoms with E-state index in [0.29, 0.717) is 11.6 Å². The smallest absolute Gasteiger partial charge is 0.415 e. The maximum absolute atomic E-state index is 13.2. The zero-order valence-electron chi connectivity index (χ0n) is 20.4. The Hall–Kier alpha value is -4.81. The second-order valence-electron chi connectivity index (χ2n) is 8.88. The maximum Gasteiger partial charge on any atom is 0.415 e. The summed E-state index contributed by atoms with van der Waals surface area (Å²) in [6.07, 6.45) is 3.74. The first-order valence-corrected chi connectivity index (χ1v) is 10.9. The van der Waals surface area contributed by atoms with E-state index in [0.717, 1.165) is 0 Å². The number of nitrogens with zero attached hydrogens (tertiary/aromatic N) is 7. The van der Waals surface area contributed by atoms with Gasteiger partial charge in [-0.25, -0.2) is 19.7 Å². The first-order chi connectivity index (χ1) is 16.9. The molecule has 2 amide bonds. The van der Waals surface area contributed by atoms with E-state index in [4.69, 9.17) is 10.5 Å². The van der Waals surface area contributed by atoms with Gasteiger partial charge in [0.25, 0.3) is 11.5 Å². The molecule has 13 heteroatoms. The second-order valence-corrected chi connectivity index (χ2v) is 8.88. The molecule has 0 spiro atoms. The Labute approximate surface area is 205 Å². The van der Waals surface area contributed by atoms with E-state index < -0.39 is 23.2 Å². The molecular formula is C23H25N9O4. The van der Waals surface area contributed by atoms with Crippen LogP contribution in [0.4, 0.5) is 22.1 Å². The number of ether oxygens (including phenoxy) is 1. The molecule has 0 unspecified atom stereocenters. The minimum atomic E-state index is -0.748. The van der Waals surface area contributed by atoms with Gasteiger partial charge in [-0.1, -0.05) is 0 Å². The predicted octanol–water partition coefficient (Wildman–Crippen LogP) is 2.19. The molecule has 4 heterocycles. The molecule has 186 valence electrons. The molecule has 0 aliphatic rings. The monoisotopic (exact) mass is 491 g/mol. The lowest BCUT2D eigenvalue weighted by molar-refractivity contribution is 0.0587. The van der Waals surface area contributed by atoms with Crippen molar-refractivity contribution in [3.05, 3.63) is 64.6 Å². The number of anilines is 3. The molecule has 0 atom stereocenters. The van der Waals surface area contributed by atoms with Crippen LogP contribution in [0.2, 0.25) is 0 Å². The van der Waals surface area contributed by atoms with Crippen molar-refractivity contribution in [3.8, 4) is 5.82 Å². The van der Waals surface area contributed by atoms with Crippen molar-refractivity contribution >= 4 is 35.0 Å². The van der Waals surface area contributed by atoms with Gasteiger partial charge in [0.05, 0.1) is 6.20 Å². The molecule has 4 aromatic rings. The summed E-state index contributed by atoms with van der Waals surface area (Å²) >= 11 is 0. The maximum atomic E-state index is 13.2. The van der Waals surface area contributed by atoms with Gasteiger partial charge in [-0.3, -0.25) is 19.1 Å². The van der Waals surface area contributed by atoms with Crippen molar-refractivity contribution in [1.29, 1.82) is 0 Å². The van der Waals surface area contributed by atoms with Crippen LogP contribution in [0.15, 0.2) is 47.7 Å². The summed E-state index contributed by atoms with van der Waals surface area (Å²) in [5, 5.41) is 7.13. The Morgan fingerprint density at radius 2 is 1.94 bits per heavy atom. The lowest BCUT2D eigenvalue weighted by atomic mass is 10.2. The number of fused-ring (bicyclic) bond motifs is 1. The molecular weight excluding hydrogens is 466 g/mol. The van der Waals surface area contributed by atoms with Crippen LogP contribution in [0, 0.1) is 6.92 Å². The average molecular weight is 492 g/mol. The summed E-state index contributed by atoms with van der Waals surface area (Å²) in [5.74, 6) is 0.564. The summed E-state index contributed by atoms with van der Waals surface area (Å²) in [6.45, 7) is 6.95. The third-order valence-electron chi connectivity index (χ3n) is 4.95. The highest BCUT2D eigenvalue weighted by Crippen LogP contribution is 2.24. The van der Waals surface area contributed by atoms with Gasteiger partial charge >= 0.3 is 6.09 Å². The van der Waals surface area contributed by atoms with Gasteiger partial charge < -0.3 is 15.8 Å². The number of nitrogens with one attached hydrogen (secondary N) is 1. The Bertz CT molecular complexity index is 1530. The molecule has 0 saturated heterocycles. The summed E-state index contributed by atoms with van der Waals surface area (Å²) < 4.78 is 8.11. The Morgan fingerprint density at radius 3 is 2.61 bits per heavy atom. The molecule has 0 aromatic carbocycles. The van der Waals surface area contributed by atoms with E-state index in [1.54, 1.807) is 58.3 Å². The number of rotatable bonds is 5. The molecule has 36 heavy (non-hydrogen) atoms. The number of nitrogens with two attached hydrogens (primary N) is 1. The molecule has 0 aliphatic heterocycles. The number of pyridine rings is 1. The molecule has 0 fully saturated rings. The molecule has 4 aromatic heterocycles. The third-order valence-corrected chi connectivity index (χ3v) is 4.95. The topological polar surface area (TPSA) is 163 Å². The van der Waals surface area contributed by atoms with E-state index in [1.807, 2.05) is 0 Å². The highest BCUT2D eigenvalue weighted by atomic mass is 16.6. The fraction of sp³-hybridized carbons (Fsp3) is 0.261. The quantitative estimate of drug-likeness (QED) is 0.426. The number of hydrogen-bond acceptors (Lipinski definition) is 9. The minimum Gasteiger partial charge on any atom is -0.443 e. The van der Waals surface area contributed by atoms with Crippen LogP contribution < -0.4 is 21.5 Å².